The zero-order valence-electron chi connectivity index (χ0n) is 6.68. The molecule has 0 saturated heterocycles. The van der Waals surface area contributed by atoms with Gasteiger partial charge in [-0.15, -0.1) is 0 Å². The molecule has 7 heteroatoms. The first-order valence-corrected chi connectivity index (χ1v) is 4.59. The topological polar surface area (TPSA) is 73.2 Å². The summed E-state index contributed by atoms with van der Waals surface area (Å²) in [5.41, 5.74) is 0. The zero-order valence-corrected chi connectivity index (χ0v) is 7.50. The number of aromatic nitrogens is 2. The van der Waals surface area contributed by atoms with E-state index >= 15 is 0 Å². The van der Waals surface area contributed by atoms with Gasteiger partial charge in [0.2, 0.25) is 0 Å². The molecule has 0 aliphatic rings. The van der Waals surface area contributed by atoms with E-state index in [4.69, 9.17) is 0 Å². The maximum atomic E-state index is 11.2. The summed E-state index contributed by atoms with van der Waals surface area (Å²) < 4.78 is 23.7. The highest BCUT2D eigenvalue weighted by Gasteiger charge is 2.16. The molecule has 0 fully saturated rings. The van der Waals surface area contributed by atoms with Crippen molar-refractivity contribution in [3.8, 4) is 0 Å². The summed E-state index contributed by atoms with van der Waals surface area (Å²) in [6, 6.07) is 1.38. The van der Waals surface area contributed by atoms with E-state index in [1.54, 1.807) is 0 Å². The molecule has 0 aromatic carbocycles. The molecule has 0 radical (unpaired) electrons. The highest BCUT2D eigenvalue weighted by molar-refractivity contribution is 7.89. The van der Waals surface area contributed by atoms with Gasteiger partial charge < -0.3 is 0 Å². The molecule has 0 atom stereocenters. The lowest BCUT2D eigenvalue weighted by Crippen LogP contribution is -2.24. The average molecular weight is 191 g/mol. The Morgan fingerprint density at radius 2 is 2.33 bits per heavy atom. The normalized spacial score (nSPS) is 11.8. The molecule has 68 valence electrons. The van der Waals surface area contributed by atoms with Crippen LogP contribution in [-0.4, -0.2) is 25.3 Å². The molecule has 0 unspecified atom stereocenters. The van der Waals surface area contributed by atoms with Crippen LogP contribution < -0.4 is 4.89 Å². The summed E-state index contributed by atoms with van der Waals surface area (Å²) in [5.74, 6) is 0. The average Bonchev–Trinajstić information content (AvgIpc) is 2.35. The largest absolute Gasteiger partial charge is 0.290 e. The summed E-state index contributed by atoms with van der Waals surface area (Å²) in [6.07, 6.45) is 1.39. The van der Waals surface area contributed by atoms with Crippen molar-refractivity contribution in [2.75, 3.05) is 7.11 Å². The Balaban J connectivity index is 3.06. The van der Waals surface area contributed by atoms with Gasteiger partial charge >= 0.3 is 0 Å². The lowest BCUT2D eigenvalue weighted by molar-refractivity contribution is 0.152. The van der Waals surface area contributed by atoms with E-state index in [1.165, 1.54) is 31.1 Å². The number of nitrogens with one attached hydrogen (secondary N) is 1. The maximum absolute atomic E-state index is 11.2. The number of sulfonamides is 1. The SMILES string of the molecule is CONS(=O)(=O)c1ccnn1C. The molecule has 0 amide bonds. The number of nitrogens with zero attached hydrogens (tertiary/aromatic N) is 2. The summed E-state index contributed by atoms with van der Waals surface area (Å²) in [6.45, 7) is 0. The minimum Gasteiger partial charge on any atom is -0.290 e. The summed E-state index contributed by atoms with van der Waals surface area (Å²) in [7, 11) is -0.807. The Labute approximate surface area is 70.1 Å². The van der Waals surface area contributed by atoms with Crippen LogP contribution in [0.15, 0.2) is 17.3 Å². The minimum absolute atomic E-state index is 0.0596. The molecular weight excluding hydrogens is 182 g/mol. The second kappa shape index (κ2) is 3.21. The van der Waals surface area contributed by atoms with Crippen molar-refractivity contribution >= 4 is 10.0 Å². The maximum Gasteiger partial charge on any atom is 0.279 e. The van der Waals surface area contributed by atoms with E-state index in [0.717, 1.165) is 0 Å². The lowest BCUT2D eigenvalue weighted by Gasteiger charge is -2.02. The third kappa shape index (κ3) is 1.63. The summed E-state index contributed by atoms with van der Waals surface area (Å²) >= 11 is 0. The van der Waals surface area contributed by atoms with Crippen LogP contribution in [0.5, 0.6) is 0 Å². The van der Waals surface area contributed by atoms with E-state index in [1.807, 2.05) is 4.89 Å². The molecular formula is C5H9N3O3S. The van der Waals surface area contributed by atoms with Gasteiger partial charge in [0.25, 0.3) is 10.0 Å². The Morgan fingerprint density at radius 3 is 2.75 bits per heavy atom. The Hall–Kier alpha value is -0.920. The second-order valence-electron chi connectivity index (χ2n) is 2.08. The van der Waals surface area contributed by atoms with Crippen LogP contribution >= 0.6 is 0 Å². The van der Waals surface area contributed by atoms with Crippen LogP contribution in [0.1, 0.15) is 0 Å². The predicted molar refractivity (Wildman–Crippen MR) is 40.5 cm³/mol. The highest BCUT2D eigenvalue weighted by atomic mass is 32.2. The van der Waals surface area contributed by atoms with Crippen LogP contribution in [0.3, 0.4) is 0 Å². The van der Waals surface area contributed by atoms with Gasteiger partial charge in [0.1, 0.15) is 0 Å². The van der Waals surface area contributed by atoms with Crippen LogP contribution in [0.4, 0.5) is 0 Å². The van der Waals surface area contributed by atoms with Gasteiger partial charge in [-0.2, -0.15) is 5.10 Å². The smallest absolute Gasteiger partial charge is 0.279 e. The zero-order chi connectivity index (χ0) is 9.19. The first kappa shape index (κ1) is 9.17. The summed E-state index contributed by atoms with van der Waals surface area (Å²) in [5, 5.41) is 3.77. The number of hydrogen-bond donors (Lipinski definition) is 1. The third-order valence-corrected chi connectivity index (χ3v) is 2.58. The number of aryl methyl sites for hydroxylation is 1. The van der Waals surface area contributed by atoms with Crippen LogP contribution in [0.25, 0.3) is 0 Å². The predicted octanol–water partition coefficient (Wildman–Crippen LogP) is -0.740. The monoisotopic (exact) mass is 191 g/mol. The molecule has 6 nitrogen and oxygen atoms in total. The van der Waals surface area contributed by atoms with Crippen molar-refractivity contribution in [1.29, 1.82) is 0 Å². The molecule has 0 spiro atoms. The molecule has 0 saturated carbocycles. The van der Waals surface area contributed by atoms with E-state index in [9.17, 15) is 8.42 Å². The molecule has 1 aromatic rings. The molecule has 12 heavy (non-hydrogen) atoms. The van der Waals surface area contributed by atoms with Crippen molar-refractivity contribution in [2.45, 2.75) is 5.03 Å². The quantitative estimate of drug-likeness (QED) is 0.639. The van der Waals surface area contributed by atoms with Crippen molar-refractivity contribution in [3.05, 3.63) is 12.3 Å². The fourth-order valence-corrected chi connectivity index (χ4v) is 1.72. The van der Waals surface area contributed by atoms with Crippen LogP contribution in [0.2, 0.25) is 0 Å². The van der Waals surface area contributed by atoms with Gasteiger partial charge in [-0.25, -0.2) is 8.42 Å². The third-order valence-electron chi connectivity index (χ3n) is 1.24. The lowest BCUT2D eigenvalue weighted by atomic mass is 10.7. The number of rotatable bonds is 3. The first-order valence-electron chi connectivity index (χ1n) is 3.10. The van der Waals surface area contributed by atoms with Gasteiger partial charge in [0.15, 0.2) is 5.03 Å². The van der Waals surface area contributed by atoms with Gasteiger partial charge in [-0.05, 0) is 6.07 Å². The van der Waals surface area contributed by atoms with Crippen molar-refractivity contribution in [3.63, 3.8) is 0 Å². The van der Waals surface area contributed by atoms with Gasteiger partial charge in [-0.1, -0.05) is 4.89 Å². The first-order chi connectivity index (χ1) is 5.58. The van der Waals surface area contributed by atoms with E-state index in [0.29, 0.717) is 0 Å². The molecule has 0 aliphatic heterocycles. The van der Waals surface area contributed by atoms with Gasteiger partial charge in [0.05, 0.1) is 13.3 Å². The van der Waals surface area contributed by atoms with Crippen molar-refractivity contribution in [1.82, 2.24) is 14.7 Å². The minimum atomic E-state index is -3.57. The Bertz CT molecular complexity index is 356. The number of hydrogen-bond acceptors (Lipinski definition) is 4. The molecule has 1 aromatic heterocycles. The van der Waals surface area contributed by atoms with Gasteiger partial charge in [-0.3, -0.25) is 9.52 Å². The standard InChI is InChI=1S/C5H9N3O3S/c1-8-5(3-4-6-8)12(9,10)7-11-2/h3-4,7H,1-2H3. The fourth-order valence-electron chi connectivity index (χ4n) is 0.778. The molecule has 0 bridgehead atoms. The Morgan fingerprint density at radius 1 is 1.67 bits per heavy atom. The molecule has 1 rings (SSSR count). The molecule has 1 heterocycles. The second-order valence-corrected chi connectivity index (χ2v) is 3.68. The van der Waals surface area contributed by atoms with E-state index in [-0.39, 0.29) is 5.03 Å². The van der Waals surface area contributed by atoms with Crippen LogP contribution in [-0.2, 0) is 21.9 Å². The fraction of sp³-hybridized carbons (Fsp3) is 0.400. The van der Waals surface area contributed by atoms with Crippen molar-refractivity contribution in [2.24, 2.45) is 7.05 Å². The van der Waals surface area contributed by atoms with E-state index in [2.05, 4.69) is 9.94 Å². The van der Waals surface area contributed by atoms with Crippen LogP contribution in [0, 0.1) is 0 Å². The molecule has 1 N–H and O–H groups in total. The highest BCUT2D eigenvalue weighted by Crippen LogP contribution is 2.04. The molecule has 0 aliphatic carbocycles. The van der Waals surface area contributed by atoms with E-state index < -0.39 is 10.0 Å². The van der Waals surface area contributed by atoms with Gasteiger partial charge in [0, 0.05) is 7.05 Å². The summed E-state index contributed by atoms with van der Waals surface area (Å²) in [4.78, 5) is 6.18. The van der Waals surface area contributed by atoms with Crippen molar-refractivity contribution < 1.29 is 13.3 Å². The Kier molecular flexibility index (Phi) is 2.46.